The number of sulfonamides is 1. The van der Waals surface area contributed by atoms with Crippen LogP contribution in [0, 0.1) is 0 Å². The molecule has 0 radical (unpaired) electrons. The van der Waals surface area contributed by atoms with Crippen LogP contribution in [0.1, 0.15) is 28.4 Å². The molecule has 5 N–H and O–H groups in total. The van der Waals surface area contributed by atoms with Gasteiger partial charge >= 0.3 is 12.1 Å². The Morgan fingerprint density at radius 1 is 0.946 bits per heavy atom. The second kappa shape index (κ2) is 11.0. The summed E-state index contributed by atoms with van der Waals surface area (Å²) in [5.74, 6) is -4.98. The van der Waals surface area contributed by atoms with E-state index >= 15 is 0 Å². The third-order valence-electron chi connectivity index (χ3n) is 5.61. The molecule has 37 heavy (non-hydrogen) atoms. The summed E-state index contributed by atoms with van der Waals surface area (Å²) < 4.78 is 64.5. The first-order valence-corrected chi connectivity index (χ1v) is 12.5. The van der Waals surface area contributed by atoms with Gasteiger partial charge in [-0.05, 0) is 16.7 Å². The van der Waals surface area contributed by atoms with Gasteiger partial charge in [0, 0.05) is 12.8 Å². The van der Waals surface area contributed by atoms with Gasteiger partial charge in [-0.1, -0.05) is 54.6 Å². The number of alkyl halides is 3. The molecule has 198 valence electrons. The van der Waals surface area contributed by atoms with E-state index in [4.69, 9.17) is 5.73 Å². The van der Waals surface area contributed by atoms with Gasteiger partial charge in [0.1, 0.15) is 17.3 Å². The molecule has 0 spiro atoms. The van der Waals surface area contributed by atoms with E-state index in [1.165, 1.54) is 24.3 Å². The number of benzene rings is 2. The van der Waals surface area contributed by atoms with Crippen molar-refractivity contribution in [2.24, 2.45) is 5.73 Å². The number of carbonyl (C=O) groups excluding carboxylic acids is 4. The number of amides is 4. The Morgan fingerprint density at radius 2 is 1.51 bits per heavy atom. The van der Waals surface area contributed by atoms with Crippen LogP contribution in [0.15, 0.2) is 54.6 Å². The molecule has 14 heteroatoms. The zero-order valence-corrected chi connectivity index (χ0v) is 19.9. The van der Waals surface area contributed by atoms with E-state index in [-0.39, 0.29) is 19.3 Å². The van der Waals surface area contributed by atoms with Crippen LogP contribution >= 0.6 is 0 Å². The summed E-state index contributed by atoms with van der Waals surface area (Å²) in [6, 6.07) is 10.8. The molecule has 4 amide bonds. The maximum Gasteiger partial charge on any atom is 0.471 e. The van der Waals surface area contributed by atoms with E-state index in [2.05, 4.69) is 5.32 Å². The Hall–Kier alpha value is -3.94. The quantitative estimate of drug-likeness (QED) is 0.359. The third kappa shape index (κ3) is 7.29. The molecule has 1 unspecified atom stereocenters. The Labute approximate surface area is 209 Å². The van der Waals surface area contributed by atoms with Gasteiger partial charge in [-0.25, -0.2) is 8.42 Å². The molecular weight excluding hydrogens is 517 g/mol. The minimum Gasteiger partial charge on any atom is -0.368 e. The fraction of sp³-hybridized carbons (Fsp3) is 0.304. The maximum atomic E-state index is 12.8. The third-order valence-corrected chi connectivity index (χ3v) is 7.31. The molecule has 0 saturated carbocycles. The standard InChI is InChI=1S/C23H23F3N4O6S/c24-23(25,26)22(34)29-17(11-13-4-2-1-3-5-13)21(33)28-16(20(27)32)10-14-6-8-15(9-7-14)18-12-19(31)30-37(18,35)36/h1-9,16-18H,10-12H2,(H2,27,32)(H,28,33)(H,29,34)(H,30,31)/t16-,17-,18?/m0/s1. The highest BCUT2D eigenvalue weighted by atomic mass is 32.2. The Bertz CT molecular complexity index is 1280. The topological polar surface area (TPSA) is 165 Å². The van der Waals surface area contributed by atoms with Crippen LogP contribution in [0.5, 0.6) is 0 Å². The number of nitrogens with two attached hydrogens (primary N) is 1. The first-order valence-electron chi connectivity index (χ1n) is 10.9. The van der Waals surface area contributed by atoms with Crippen molar-refractivity contribution in [3.63, 3.8) is 0 Å². The molecule has 0 aromatic heterocycles. The van der Waals surface area contributed by atoms with Crippen LogP contribution in [0.3, 0.4) is 0 Å². The van der Waals surface area contributed by atoms with Crippen LogP contribution in [0.25, 0.3) is 0 Å². The van der Waals surface area contributed by atoms with Gasteiger partial charge in [-0.2, -0.15) is 13.2 Å². The highest BCUT2D eigenvalue weighted by Crippen LogP contribution is 2.30. The number of hydrogen-bond donors (Lipinski definition) is 4. The molecule has 3 rings (SSSR count). The summed E-state index contributed by atoms with van der Waals surface area (Å²) in [7, 11) is -3.86. The second-order valence-corrected chi connectivity index (χ2v) is 10.2. The highest BCUT2D eigenvalue weighted by molar-refractivity contribution is 7.90. The molecule has 1 fully saturated rings. The number of nitrogens with one attached hydrogen (secondary N) is 3. The monoisotopic (exact) mass is 540 g/mol. The normalized spacial score (nSPS) is 18.4. The molecule has 0 bridgehead atoms. The van der Waals surface area contributed by atoms with Crippen molar-refractivity contribution < 1.29 is 40.8 Å². The zero-order chi connectivity index (χ0) is 27.4. The Kier molecular flexibility index (Phi) is 8.21. The predicted octanol–water partition coefficient (Wildman–Crippen LogP) is 0.380. The van der Waals surface area contributed by atoms with E-state index in [0.29, 0.717) is 16.7 Å². The van der Waals surface area contributed by atoms with E-state index < -0.39 is 57.2 Å². The summed E-state index contributed by atoms with van der Waals surface area (Å²) in [5.41, 5.74) is 6.63. The van der Waals surface area contributed by atoms with Gasteiger partial charge in [0.25, 0.3) is 0 Å². The average Bonchev–Trinajstić information content (AvgIpc) is 3.10. The van der Waals surface area contributed by atoms with E-state index in [9.17, 15) is 40.8 Å². The lowest BCUT2D eigenvalue weighted by Crippen LogP contribution is -2.56. The maximum absolute atomic E-state index is 12.8. The van der Waals surface area contributed by atoms with Crippen molar-refractivity contribution in [3.8, 4) is 0 Å². The molecule has 1 aliphatic heterocycles. The van der Waals surface area contributed by atoms with Gasteiger partial charge in [-0.15, -0.1) is 0 Å². The summed E-state index contributed by atoms with van der Waals surface area (Å²) in [4.78, 5) is 47.8. The molecule has 1 heterocycles. The number of carbonyl (C=O) groups is 4. The molecule has 0 aliphatic carbocycles. The number of hydrogen-bond acceptors (Lipinski definition) is 6. The highest BCUT2D eigenvalue weighted by Gasteiger charge is 2.41. The van der Waals surface area contributed by atoms with Crippen LogP contribution in [0.4, 0.5) is 13.2 Å². The summed E-state index contributed by atoms with van der Waals surface area (Å²) in [6.07, 6.45) is -5.92. The van der Waals surface area contributed by atoms with Crippen LogP contribution < -0.4 is 21.1 Å². The van der Waals surface area contributed by atoms with Crippen molar-refractivity contribution in [1.29, 1.82) is 0 Å². The first-order chi connectivity index (χ1) is 17.3. The Balaban J connectivity index is 1.74. The molecule has 2 aromatic carbocycles. The number of primary amides is 1. The number of rotatable bonds is 9. The van der Waals surface area contributed by atoms with Gasteiger partial charge in [-0.3, -0.25) is 23.9 Å². The predicted molar refractivity (Wildman–Crippen MR) is 124 cm³/mol. The van der Waals surface area contributed by atoms with Crippen molar-refractivity contribution >= 4 is 33.7 Å². The lowest BCUT2D eigenvalue weighted by atomic mass is 10.0. The molecule has 1 aliphatic rings. The molecule has 1 saturated heterocycles. The first kappa shape index (κ1) is 27.6. The van der Waals surface area contributed by atoms with Gasteiger partial charge < -0.3 is 16.4 Å². The van der Waals surface area contributed by atoms with E-state index in [0.717, 1.165) is 0 Å². The van der Waals surface area contributed by atoms with Gasteiger partial charge in [0.15, 0.2) is 0 Å². The van der Waals surface area contributed by atoms with Crippen molar-refractivity contribution in [1.82, 2.24) is 15.4 Å². The van der Waals surface area contributed by atoms with E-state index in [1.54, 1.807) is 35.6 Å². The number of halogens is 3. The summed E-state index contributed by atoms with van der Waals surface area (Å²) >= 11 is 0. The molecule has 2 aromatic rings. The fourth-order valence-electron chi connectivity index (χ4n) is 3.74. The minimum atomic E-state index is -5.23. The van der Waals surface area contributed by atoms with E-state index in [1.807, 2.05) is 4.72 Å². The second-order valence-electron chi connectivity index (χ2n) is 8.39. The van der Waals surface area contributed by atoms with Crippen LogP contribution in [-0.4, -0.2) is 50.3 Å². The Morgan fingerprint density at radius 3 is 2.03 bits per heavy atom. The molecular formula is C23H23F3N4O6S. The SMILES string of the molecule is NC(=O)[C@H](Cc1ccc(C2CC(=O)NS2(=O)=O)cc1)NC(=O)[C@H](Cc1ccccc1)NC(=O)C(F)(F)F. The van der Waals surface area contributed by atoms with Crippen molar-refractivity contribution in [2.45, 2.75) is 42.8 Å². The van der Waals surface area contributed by atoms with Gasteiger partial charge in [0.2, 0.25) is 27.7 Å². The zero-order valence-electron chi connectivity index (χ0n) is 19.1. The minimum absolute atomic E-state index is 0.165. The lowest BCUT2D eigenvalue weighted by Gasteiger charge is -2.23. The van der Waals surface area contributed by atoms with Gasteiger partial charge in [0.05, 0.1) is 6.42 Å². The summed E-state index contributed by atoms with van der Waals surface area (Å²) in [5, 5.41) is 2.86. The summed E-state index contributed by atoms with van der Waals surface area (Å²) in [6.45, 7) is 0. The van der Waals surface area contributed by atoms with Crippen molar-refractivity contribution in [3.05, 3.63) is 71.3 Å². The van der Waals surface area contributed by atoms with Crippen LogP contribution in [0.2, 0.25) is 0 Å². The van der Waals surface area contributed by atoms with Crippen LogP contribution in [-0.2, 0) is 42.0 Å². The molecule has 10 nitrogen and oxygen atoms in total. The average molecular weight is 541 g/mol. The largest absolute Gasteiger partial charge is 0.471 e. The molecule has 3 atom stereocenters. The lowest BCUT2D eigenvalue weighted by molar-refractivity contribution is -0.174. The van der Waals surface area contributed by atoms with Crippen molar-refractivity contribution in [2.75, 3.05) is 0 Å². The fourth-order valence-corrected chi connectivity index (χ4v) is 5.17. The smallest absolute Gasteiger partial charge is 0.368 e.